The Balaban J connectivity index is 3.35. The fourth-order valence-corrected chi connectivity index (χ4v) is 2.01. The Morgan fingerprint density at radius 2 is 1.18 bits per heavy atom. The number of hydrogen-bond acceptors (Lipinski definition) is 3. The molecule has 92 valence electrons. The fourth-order valence-electron chi connectivity index (χ4n) is 0.811. The van der Waals surface area contributed by atoms with Crippen LogP contribution in [0.5, 0.6) is 5.75 Å². The molecule has 1 N–H and O–H groups in total. The van der Waals surface area contributed by atoms with Crippen LogP contribution in [0.3, 0.4) is 0 Å². The van der Waals surface area contributed by atoms with E-state index in [1.54, 1.807) is 0 Å². The number of carboxylic acid groups (broad SMARTS) is 1. The Kier molecular flexibility index (Phi) is 4.75. The van der Waals surface area contributed by atoms with E-state index in [1.165, 1.54) is 0 Å². The predicted octanol–water partition coefficient (Wildman–Crippen LogP) is 3.94. The number of carboxylic acids is 1. The molecule has 0 heterocycles. The molecule has 17 heavy (non-hydrogen) atoms. The van der Waals surface area contributed by atoms with Gasteiger partial charge in [0.25, 0.3) is 0 Å². The second-order valence-electron chi connectivity index (χ2n) is 2.59. The third kappa shape index (κ3) is 2.89. The summed E-state index contributed by atoms with van der Waals surface area (Å²) >= 11 is 28.4. The van der Waals surface area contributed by atoms with Crippen LogP contribution in [0.4, 0.5) is 0 Å². The first-order valence-electron chi connectivity index (χ1n) is 3.74. The number of ether oxygens (including phenoxy) is 1. The highest BCUT2D eigenvalue weighted by molar-refractivity contribution is 6.55. The molecule has 1 aromatic carbocycles. The van der Waals surface area contributed by atoms with Gasteiger partial charge in [0.05, 0.1) is 15.1 Å². The number of carbonyl (C=O) groups is 2. The van der Waals surface area contributed by atoms with E-state index in [0.717, 1.165) is 0 Å². The van der Waals surface area contributed by atoms with Crippen molar-refractivity contribution in [2.24, 2.45) is 0 Å². The summed E-state index contributed by atoms with van der Waals surface area (Å²) in [5.74, 6) is -3.86. The average Bonchev–Trinajstić information content (AvgIpc) is 2.29. The normalized spacial score (nSPS) is 10.2. The minimum Gasteiger partial charge on any atom is -0.473 e. The summed E-state index contributed by atoms with van der Waals surface area (Å²) in [6, 6.07) is 0. The second kappa shape index (κ2) is 5.50. The van der Waals surface area contributed by atoms with Crippen LogP contribution < -0.4 is 4.74 Å². The molecule has 9 heteroatoms. The van der Waals surface area contributed by atoms with Gasteiger partial charge in [-0.2, -0.15) is 0 Å². The van der Waals surface area contributed by atoms with Gasteiger partial charge in [0.2, 0.25) is 0 Å². The molecule has 0 fully saturated rings. The van der Waals surface area contributed by atoms with Crippen LogP contribution in [-0.4, -0.2) is 17.0 Å². The van der Waals surface area contributed by atoms with Gasteiger partial charge in [-0.25, -0.2) is 9.59 Å². The largest absolute Gasteiger partial charge is 0.473 e. The van der Waals surface area contributed by atoms with Crippen molar-refractivity contribution in [1.82, 2.24) is 0 Å². The van der Waals surface area contributed by atoms with Crippen LogP contribution in [0.1, 0.15) is 0 Å². The number of benzene rings is 1. The third-order valence-corrected chi connectivity index (χ3v) is 3.78. The van der Waals surface area contributed by atoms with Gasteiger partial charge in [-0.1, -0.05) is 58.0 Å². The Labute approximate surface area is 120 Å². The predicted molar refractivity (Wildman–Crippen MR) is 64.8 cm³/mol. The first-order chi connectivity index (χ1) is 7.77. The smallest absolute Gasteiger partial charge is 0.422 e. The summed E-state index contributed by atoms with van der Waals surface area (Å²) in [5.41, 5.74) is 0. The average molecular weight is 338 g/mol. The van der Waals surface area contributed by atoms with E-state index in [1.807, 2.05) is 0 Å². The Bertz CT molecular complexity index is 484. The first-order valence-corrected chi connectivity index (χ1v) is 5.62. The molecule has 0 aliphatic carbocycles. The number of halogens is 5. The minimum atomic E-state index is -1.82. The molecule has 1 aromatic rings. The molecule has 0 saturated heterocycles. The fraction of sp³-hybridized carbons (Fsp3) is 0. The highest BCUT2D eigenvalue weighted by Gasteiger charge is 2.24. The van der Waals surface area contributed by atoms with Crippen molar-refractivity contribution in [3.05, 3.63) is 25.1 Å². The van der Waals surface area contributed by atoms with Crippen molar-refractivity contribution in [3.63, 3.8) is 0 Å². The van der Waals surface area contributed by atoms with Crippen molar-refractivity contribution in [1.29, 1.82) is 0 Å². The molecule has 0 bridgehead atoms. The van der Waals surface area contributed by atoms with E-state index in [0.29, 0.717) is 0 Å². The Hall–Kier alpha value is -0.390. The molecule has 0 aromatic heterocycles. The zero-order valence-electron chi connectivity index (χ0n) is 7.56. The zero-order valence-corrected chi connectivity index (χ0v) is 11.3. The maximum Gasteiger partial charge on any atom is 0.422 e. The maximum atomic E-state index is 10.9. The summed E-state index contributed by atoms with van der Waals surface area (Å²) in [6.45, 7) is 0. The molecular weight excluding hydrogens is 337 g/mol. The van der Waals surface area contributed by atoms with Crippen LogP contribution in [0.25, 0.3) is 0 Å². The minimum absolute atomic E-state index is 0.126. The molecule has 0 aliphatic rings. The van der Waals surface area contributed by atoms with E-state index >= 15 is 0 Å². The van der Waals surface area contributed by atoms with Crippen molar-refractivity contribution >= 4 is 69.9 Å². The van der Waals surface area contributed by atoms with Gasteiger partial charge < -0.3 is 9.84 Å². The van der Waals surface area contributed by atoms with Gasteiger partial charge in [-0.15, -0.1) is 0 Å². The molecule has 0 atom stereocenters. The SMILES string of the molecule is O=C(O)C(=O)Oc1c(Cl)c(Cl)c(Cl)c(Cl)c1Cl. The van der Waals surface area contributed by atoms with Gasteiger partial charge >= 0.3 is 11.9 Å². The van der Waals surface area contributed by atoms with E-state index in [4.69, 9.17) is 63.1 Å². The molecule has 1 rings (SSSR count). The lowest BCUT2D eigenvalue weighted by atomic mass is 10.3. The third-order valence-electron chi connectivity index (χ3n) is 1.54. The number of esters is 1. The van der Waals surface area contributed by atoms with Crippen LogP contribution in [-0.2, 0) is 9.59 Å². The van der Waals surface area contributed by atoms with Gasteiger partial charge in [-0.3, -0.25) is 0 Å². The number of hydrogen-bond donors (Lipinski definition) is 1. The van der Waals surface area contributed by atoms with E-state index in [9.17, 15) is 9.59 Å². The van der Waals surface area contributed by atoms with Crippen molar-refractivity contribution in [3.8, 4) is 5.75 Å². The summed E-state index contributed by atoms with van der Waals surface area (Å²) in [7, 11) is 0. The van der Waals surface area contributed by atoms with E-state index in [2.05, 4.69) is 4.74 Å². The van der Waals surface area contributed by atoms with Crippen LogP contribution in [0, 0.1) is 0 Å². The highest BCUT2D eigenvalue weighted by Crippen LogP contribution is 2.48. The molecule has 0 unspecified atom stereocenters. The Morgan fingerprint density at radius 1 is 0.824 bits per heavy atom. The Morgan fingerprint density at radius 3 is 1.53 bits per heavy atom. The van der Waals surface area contributed by atoms with Gasteiger partial charge in [-0.05, 0) is 0 Å². The van der Waals surface area contributed by atoms with Gasteiger partial charge in [0, 0.05) is 0 Å². The summed E-state index contributed by atoms with van der Waals surface area (Å²) in [5, 5.41) is 7.23. The molecule has 0 spiro atoms. The highest BCUT2D eigenvalue weighted by atomic mass is 35.5. The van der Waals surface area contributed by atoms with Crippen LogP contribution >= 0.6 is 58.0 Å². The molecular formula is C8HCl5O4. The topological polar surface area (TPSA) is 63.6 Å². The van der Waals surface area contributed by atoms with Crippen LogP contribution in [0.2, 0.25) is 25.1 Å². The lowest BCUT2D eigenvalue weighted by Crippen LogP contribution is -2.19. The van der Waals surface area contributed by atoms with E-state index < -0.39 is 17.7 Å². The number of carbonyl (C=O) groups excluding carboxylic acids is 1. The van der Waals surface area contributed by atoms with Crippen molar-refractivity contribution in [2.75, 3.05) is 0 Å². The standard InChI is InChI=1S/C8HCl5O4/c9-1-2(10)4(12)6(5(13)3(1)11)17-8(16)7(14)15/h(H,14,15). The maximum absolute atomic E-state index is 10.9. The molecule has 0 saturated carbocycles. The number of aliphatic carboxylic acids is 1. The number of rotatable bonds is 1. The summed E-state index contributed by atoms with van der Waals surface area (Å²) in [4.78, 5) is 21.2. The quantitative estimate of drug-likeness (QED) is 0.277. The van der Waals surface area contributed by atoms with E-state index in [-0.39, 0.29) is 25.1 Å². The van der Waals surface area contributed by atoms with Gasteiger partial charge in [0.1, 0.15) is 10.0 Å². The first kappa shape index (κ1) is 14.7. The van der Waals surface area contributed by atoms with Gasteiger partial charge in [0.15, 0.2) is 5.75 Å². The summed E-state index contributed by atoms with van der Waals surface area (Å²) < 4.78 is 4.42. The molecule has 0 amide bonds. The van der Waals surface area contributed by atoms with Crippen molar-refractivity contribution in [2.45, 2.75) is 0 Å². The zero-order chi connectivity index (χ0) is 13.3. The molecule has 4 nitrogen and oxygen atoms in total. The molecule has 0 radical (unpaired) electrons. The lowest BCUT2D eigenvalue weighted by molar-refractivity contribution is -0.158. The monoisotopic (exact) mass is 336 g/mol. The lowest BCUT2D eigenvalue weighted by Gasteiger charge is -2.10. The molecule has 0 aliphatic heterocycles. The second-order valence-corrected chi connectivity index (χ2v) is 4.48. The summed E-state index contributed by atoms with van der Waals surface area (Å²) in [6.07, 6.45) is 0. The van der Waals surface area contributed by atoms with Crippen molar-refractivity contribution < 1.29 is 19.4 Å². The van der Waals surface area contributed by atoms with Crippen LogP contribution in [0.15, 0.2) is 0 Å².